The molecule has 84 valence electrons. The molecule has 1 aromatic carbocycles. The molecule has 1 aromatic heterocycles. The Kier molecular flexibility index (Phi) is 2.44. The van der Waals surface area contributed by atoms with Gasteiger partial charge in [0.25, 0.3) is 0 Å². The summed E-state index contributed by atoms with van der Waals surface area (Å²) in [5, 5.41) is 14.1. The van der Waals surface area contributed by atoms with Crippen molar-refractivity contribution in [2.75, 3.05) is 5.73 Å². The average molecular weight is 217 g/mol. The molecule has 0 aliphatic heterocycles. The first-order valence-electron chi connectivity index (χ1n) is 5.12. The van der Waals surface area contributed by atoms with Gasteiger partial charge in [0, 0.05) is 6.07 Å². The molecule has 0 unspecified atom stereocenters. The molecule has 0 atom stereocenters. The van der Waals surface area contributed by atoms with Gasteiger partial charge in [0.15, 0.2) is 0 Å². The molecule has 0 aliphatic carbocycles. The minimum atomic E-state index is -0.978. The third-order valence-corrected chi connectivity index (χ3v) is 2.36. The zero-order chi connectivity index (χ0) is 11.8. The third kappa shape index (κ3) is 1.92. The van der Waals surface area contributed by atoms with E-state index in [2.05, 4.69) is 5.10 Å². The number of aromatic nitrogens is 2. The quantitative estimate of drug-likeness (QED) is 0.804. The van der Waals surface area contributed by atoms with Crippen LogP contribution in [0.1, 0.15) is 19.5 Å². The molecular formula is C12H15N3O. The van der Waals surface area contributed by atoms with Crippen LogP contribution in [0.3, 0.4) is 0 Å². The van der Waals surface area contributed by atoms with Crippen molar-refractivity contribution in [2.45, 2.75) is 19.4 Å². The molecule has 1 heterocycles. The Bertz CT molecular complexity index is 483. The highest BCUT2D eigenvalue weighted by Crippen LogP contribution is 2.22. The van der Waals surface area contributed by atoms with Crippen LogP contribution in [0.4, 0.5) is 5.82 Å². The van der Waals surface area contributed by atoms with Crippen molar-refractivity contribution in [3.05, 3.63) is 42.1 Å². The van der Waals surface area contributed by atoms with Crippen molar-refractivity contribution < 1.29 is 5.11 Å². The van der Waals surface area contributed by atoms with E-state index in [-0.39, 0.29) is 0 Å². The van der Waals surface area contributed by atoms with Crippen molar-refractivity contribution in [1.82, 2.24) is 9.78 Å². The summed E-state index contributed by atoms with van der Waals surface area (Å²) in [6, 6.07) is 11.3. The van der Waals surface area contributed by atoms with Crippen LogP contribution in [0.2, 0.25) is 0 Å². The van der Waals surface area contributed by atoms with Gasteiger partial charge in [0.05, 0.1) is 11.4 Å². The van der Waals surface area contributed by atoms with Crippen molar-refractivity contribution in [3.63, 3.8) is 0 Å². The predicted molar refractivity (Wildman–Crippen MR) is 63.2 cm³/mol. The van der Waals surface area contributed by atoms with Crippen LogP contribution in [-0.4, -0.2) is 14.9 Å². The molecule has 0 bridgehead atoms. The molecule has 4 nitrogen and oxygen atoms in total. The molecule has 0 saturated carbocycles. The van der Waals surface area contributed by atoms with Crippen LogP contribution < -0.4 is 5.73 Å². The second kappa shape index (κ2) is 3.64. The molecule has 0 aliphatic rings. The number of hydrogen-bond donors (Lipinski definition) is 2. The van der Waals surface area contributed by atoms with Crippen LogP contribution in [0, 0.1) is 0 Å². The van der Waals surface area contributed by atoms with Crippen molar-refractivity contribution in [3.8, 4) is 5.69 Å². The standard InChI is InChI=1S/C12H15N3O/c1-12(2,16)10-8-11(13)15(14-10)9-6-4-3-5-7-9/h3-8,16H,13H2,1-2H3. The summed E-state index contributed by atoms with van der Waals surface area (Å²) in [5.41, 5.74) is 6.33. The summed E-state index contributed by atoms with van der Waals surface area (Å²) in [7, 11) is 0. The smallest absolute Gasteiger partial charge is 0.127 e. The molecule has 4 heteroatoms. The van der Waals surface area contributed by atoms with Crippen LogP contribution >= 0.6 is 0 Å². The van der Waals surface area contributed by atoms with Gasteiger partial charge in [-0.15, -0.1) is 0 Å². The highest BCUT2D eigenvalue weighted by atomic mass is 16.3. The number of anilines is 1. The summed E-state index contributed by atoms with van der Waals surface area (Å²) < 4.78 is 1.62. The minimum absolute atomic E-state index is 0.517. The SMILES string of the molecule is CC(C)(O)c1cc(N)n(-c2ccccc2)n1. The molecule has 2 aromatic rings. The van der Waals surface area contributed by atoms with Gasteiger partial charge < -0.3 is 10.8 Å². The number of nitrogens with zero attached hydrogens (tertiary/aromatic N) is 2. The number of rotatable bonds is 2. The van der Waals surface area contributed by atoms with E-state index >= 15 is 0 Å². The van der Waals surface area contributed by atoms with Gasteiger partial charge in [0.1, 0.15) is 11.4 Å². The summed E-state index contributed by atoms with van der Waals surface area (Å²) in [6.07, 6.45) is 0. The Hall–Kier alpha value is -1.81. The maximum atomic E-state index is 9.84. The van der Waals surface area contributed by atoms with Crippen LogP contribution in [0.15, 0.2) is 36.4 Å². The van der Waals surface area contributed by atoms with E-state index < -0.39 is 5.60 Å². The fourth-order valence-electron chi connectivity index (χ4n) is 1.47. The van der Waals surface area contributed by atoms with Crippen LogP contribution in [0.5, 0.6) is 0 Å². The zero-order valence-corrected chi connectivity index (χ0v) is 9.38. The van der Waals surface area contributed by atoms with E-state index in [1.54, 1.807) is 24.6 Å². The number of nitrogen functional groups attached to an aromatic ring is 1. The lowest BCUT2D eigenvalue weighted by atomic mass is 10.1. The lowest BCUT2D eigenvalue weighted by molar-refractivity contribution is 0.0734. The fourth-order valence-corrected chi connectivity index (χ4v) is 1.47. The Morgan fingerprint density at radius 2 is 1.88 bits per heavy atom. The van der Waals surface area contributed by atoms with Crippen LogP contribution in [0.25, 0.3) is 5.69 Å². The summed E-state index contributed by atoms with van der Waals surface area (Å²) in [5.74, 6) is 0.517. The van der Waals surface area contributed by atoms with Gasteiger partial charge in [0.2, 0.25) is 0 Å². The average Bonchev–Trinajstić information content (AvgIpc) is 2.61. The lowest BCUT2D eigenvalue weighted by Gasteiger charge is -2.12. The summed E-state index contributed by atoms with van der Waals surface area (Å²) in [4.78, 5) is 0. The van der Waals surface area contributed by atoms with Crippen LogP contribution in [-0.2, 0) is 5.60 Å². The molecule has 3 N–H and O–H groups in total. The predicted octanol–water partition coefficient (Wildman–Crippen LogP) is 1.68. The van der Waals surface area contributed by atoms with E-state index in [9.17, 15) is 5.11 Å². The normalized spacial score (nSPS) is 11.7. The van der Waals surface area contributed by atoms with E-state index in [0.29, 0.717) is 11.5 Å². The summed E-state index contributed by atoms with van der Waals surface area (Å²) in [6.45, 7) is 3.37. The molecule has 0 amide bonds. The van der Waals surface area contributed by atoms with E-state index in [0.717, 1.165) is 5.69 Å². The van der Waals surface area contributed by atoms with Gasteiger partial charge in [-0.2, -0.15) is 5.10 Å². The van der Waals surface area contributed by atoms with Crippen molar-refractivity contribution in [2.24, 2.45) is 0 Å². The van der Waals surface area contributed by atoms with E-state index in [1.165, 1.54) is 0 Å². The number of hydrogen-bond acceptors (Lipinski definition) is 3. The lowest BCUT2D eigenvalue weighted by Crippen LogP contribution is -2.16. The second-order valence-corrected chi connectivity index (χ2v) is 4.26. The molecule has 16 heavy (non-hydrogen) atoms. The Morgan fingerprint density at radius 1 is 1.25 bits per heavy atom. The van der Waals surface area contributed by atoms with Crippen molar-refractivity contribution in [1.29, 1.82) is 0 Å². The fraction of sp³-hybridized carbons (Fsp3) is 0.250. The first-order valence-corrected chi connectivity index (χ1v) is 5.12. The first-order chi connectivity index (χ1) is 7.48. The molecular weight excluding hydrogens is 202 g/mol. The molecule has 0 saturated heterocycles. The van der Waals surface area contributed by atoms with Crippen molar-refractivity contribution >= 4 is 5.82 Å². The Morgan fingerprint density at radius 3 is 2.38 bits per heavy atom. The topological polar surface area (TPSA) is 64.1 Å². The van der Waals surface area contributed by atoms with Gasteiger partial charge >= 0.3 is 0 Å². The highest BCUT2D eigenvalue weighted by molar-refractivity contribution is 5.43. The maximum absolute atomic E-state index is 9.84. The molecule has 0 radical (unpaired) electrons. The number of para-hydroxylation sites is 1. The molecule has 0 fully saturated rings. The third-order valence-electron chi connectivity index (χ3n) is 2.36. The number of nitrogens with two attached hydrogens (primary N) is 1. The minimum Gasteiger partial charge on any atom is -0.384 e. The molecule has 2 rings (SSSR count). The number of aliphatic hydroxyl groups is 1. The Labute approximate surface area is 94.3 Å². The Balaban J connectivity index is 2.48. The first kappa shape index (κ1) is 10.7. The summed E-state index contributed by atoms with van der Waals surface area (Å²) >= 11 is 0. The maximum Gasteiger partial charge on any atom is 0.127 e. The zero-order valence-electron chi connectivity index (χ0n) is 9.38. The van der Waals surface area contributed by atoms with Gasteiger partial charge in [-0.3, -0.25) is 0 Å². The van der Waals surface area contributed by atoms with E-state index in [4.69, 9.17) is 5.73 Å². The van der Waals surface area contributed by atoms with Gasteiger partial charge in [-0.25, -0.2) is 4.68 Å². The van der Waals surface area contributed by atoms with Gasteiger partial charge in [-0.05, 0) is 26.0 Å². The second-order valence-electron chi connectivity index (χ2n) is 4.26. The largest absolute Gasteiger partial charge is 0.384 e. The number of benzene rings is 1. The highest BCUT2D eigenvalue weighted by Gasteiger charge is 2.21. The van der Waals surface area contributed by atoms with E-state index in [1.807, 2.05) is 30.3 Å². The monoisotopic (exact) mass is 217 g/mol. The molecule has 0 spiro atoms. The van der Waals surface area contributed by atoms with Gasteiger partial charge in [-0.1, -0.05) is 18.2 Å².